The molecule has 33 heavy (non-hydrogen) atoms. The number of hydrogen-bond acceptors (Lipinski definition) is 6. The number of hydrogen-bond donors (Lipinski definition) is 2. The van der Waals surface area contributed by atoms with Gasteiger partial charge in [-0.25, -0.2) is 18.7 Å². The second kappa shape index (κ2) is 9.48. The number of fused-ring (bicyclic) bond motifs is 1. The van der Waals surface area contributed by atoms with Crippen molar-refractivity contribution in [3.8, 4) is 5.88 Å². The number of nitrogens with one attached hydrogen (secondary N) is 1. The van der Waals surface area contributed by atoms with Crippen LogP contribution in [0.1, 0.15) is 41.4 Å². The van der Waals surface area contributed by atoms with E-state index in [2.05, 4.69) is 20.0 Å². The predicted octanol–water partition coefficient (Wildman–Crippen LogP) is 3.45. The lowest BCUT2D eigenvalue weighted by molar-refractivity contribution is -0.148. The summed E-state index contributed by atoms with van der Waals surface area (Å²) in [5.74, 6) is -5.71. The van der Waals surface area contributed by atoms with E-state index in [0.717, 1.165) is 0 Å². The van der Waals surface area contributed by atoms with Crippen LogP contribution in [0.15, 0.2) is 24.5 Å². The molecule has 0 aromatic carbocycles. The smallest absolute Gasteiger partial charge is 0.340 e. The first kappa shape index (κ1) is 24.6. The number of pyridine rings is 2. The molecule has 2 amide bonds. The van der Waals surface area contributed by atoms with Gasteiger partial charge in [0.25, 0.3) is 11.8 Å². The Morgan fingerprint density at radius 3 is 2.67 bits per heavy atom. The molecule has 2 aromatic rings. The summed E-state index contributed by atoms with van der Waals surface area (Å²) in [4.78, 5) is 34.1. The molecule has 1 aliphatic rings. The molecule has 1 aliphatic heterocycles. The molecule has 8 nitrogen and oxygen atoms in total. The van der Waals surface area contributed by atoms with Gasteiger partial charge in [-0.15, -0.1) is 0 Å². The summed E-state index contributed by atoms with van der Waals surface area (Å²) in [7, 11) is 0. The SMILES string of the molecule is CC(c1cnc(OCC(F)(F)C(F)F)c(Cl)c1)N1Cc2c(ccnc2NC(=O)[C@@H](C)O)C1=O. The van der Waals surface area contributed by atoms with Crippen molar-refractivity contribution in [1.82, 2.24) is 14.9 Å². The van der Waals surface area contributed by atoms with E-state index in [1.807, 2.05) is 0 Å². The molecule has 2 aromatic heterocycles. The van der Waals surface area contributed by atoms with Crippen molar-refractivity contribution in [3.05, 3.63) is 46.2 Å². The van der Waals surface area contributed by atoms with E-state index in [1.165, 1.54) is 36.4 Å². The quantitative estimate of drug-likeness (QED) is 0.549. The fraction of sp³-hybridized carbons (Fsp3) is 0.400. The number of ether oxygens (including phenoxy) is 1. The second-order valence-electron chi connectivity index (χ2n) is 7.37. The Balaban J connectivity index is 1.77. The number of aliphatic hydroxyl groups is 1. The number of aliphatic hydroxyl groups excluding tert-OH is 1. The molecule has 1 unspecified atom stereocenters. The zero-order chi connectivity index (χ0) is 24.5. The zero-order valence-corrected chi connectivity index (χ0v) is 18.1. The third kappa shape index (κ3) is 5.17. The molecular formula is C20H19ClF4N4O4. The normalized spacial score (nSPS) is 15.4. The predicted molar refractivity (Wildman–Crippen MR) is 109 cm³/mol. The van der Waals surface area contributed by atoms with Crippen LogP contribution in [0.25, 0.3) is 0 Å². The highest BCUT2D eigenvalue weighted by Gasteiger charge is 2.42. The molecule has 2 N–H and O–H groups in total. The van der Waals surface area contributed by atoms with Gasteiger partial charge in [-0.1, -0.05) is 11.6 Å². The number of alkyl halides is 4. The molecular weight excluding hydrogens is 472 g/mol. The van der Waals surface area contributed by atoms with Crippen molar-refractivity contribution >= 4 is 29.2 Å². The largest absolute Gasteiger partial charge is 0.470 e. The van der Waals surface area contributed by atoms with E-state index in [4.69, 9.17) is 11.6 Å². The van der Waals surface area contributed by atoms with Crippen molar-refractivity contribution in [2.45, 2.75) is 44.9 Å². The maximum Gasteiger partial charge on any atom is 0.340 e. The van der Waals surface area contributed by atoms with Crippen LogP contribution >= 0.6 is 11.6 Å². The number of aromatic nitrogens is 2. The summed E-state index contributed by atoms with van der Waals surface area (Å²) in [6.07, 6.45) is -2.59. The van der Waals surface area contributed by atoms with Crippen molar-refractivity contribution in [2.24, 2.45) is 0 Å². The Kier molecular flexibility index (Phi) is 7.08. The summed E-state index contributed by atoms with van der Waals surface area (Å²) in [6.45, 7) is 1.44. The molecule has 3 heterocycles. The molecule has 0 radical (unpaired) electrons. The van der Waals surface area contributed by atoms with Gasteiger partial charge in [0.2, 0.25) is 5.88 Å². The van der Waals surface area contributed by atoms with Gasteiger partial charge in [-0.2, -0.15) is 8.78 Å². The van der Waals surface area contributed by atoms with E-state index in [-0.39, 0.29) is 23.3 Å². The third-order valence-electron chi connectivity index (χ3n) is 5.00. The lowest BCUT2D eigenvalue weighted by Crippen LogP contribution is -2.34. The first-order chi connectivity index (χ1) is 15.4. The van der Waals surface area contributed by atoms with Crippen LogP contribution in [0.5, 0.6) is 5.88 Å². The third-order valence-corrected chi connectivity index (χ3v) is 5.27. The van der Waals surface area contributed by atoms with Gasteiger partial charge < -0.3 is 20.1 Å². The molecule has 0 fully saturated rings. The van der Waals surface area contributed by atoms with Crippen LogP contribution in [0.2, 0.25) is 5.02 Å². The van der Waals surface area contributed by atoms with Gasteiger partial charge in [-0.3, -0.25) is 9.59 Å². The number of carbonyl (C=O) groups excluding carboxylic acids is 2. The van der Waals surface area contributed by atoms with Gasteiger partial charge in [-0.05, 0) is 31.5 Å². The second-order valence-corrected chi connectivity index (χ2v) is 7.77. The Hall–Kier alpha value is -2.99. The number of amides is 2. The van der Waals surface area contributed by atoms with Crippen LogP contribution in [-0.4, -0.2) is 56.8 Å². The minimum atomic E-state index is -4.36. The summed E-state index contributed by atoms with van der Waals surface area (Å²) < 4.78 is 55.4. The van der Waals surface area contributed by atoms with E-state index < -0.39 is 42.9 Å². The monoisotopic (exact) mass is 490 g/mol. The van der Waals surface area contributed by atoms with Crippen molar-refractivity contribution < 1.29 is 37.0 Å². The Labute approximate surface area is 190 Å². The highest BCUT2D eigenvalue weighted by Crippen LogP contribution is 2.36. The molecule has 0 saturated carbocycles. The van der Waals surface area contributed by atoms with Crippen LogP contribution < -0.4 is 10.1 Å². The first-order valence-corrected chi connectivity index (χ1v) is 10.0. The molecule has 178 valence electrons. The van der Waals surface area contributed by atoms with E-state index in [0.29, 0.717) is 16.7 Å². The zero-order valence-electron chi connectivity index (χ0n) is 17.4. The highest BCUT2D eigenvalue weighted by atomic mass is 35.5. The number of nitrogens with zero attached hydrogens (tertiary/aromatic N) is 3. The number of halogens is 5. The van der Waals surface area contributed by atoms with Crippen LogP contribution in [-0.2, 0) is 11.3 Å². The molecule has 13 heteroatoms. The maximum atomic E-state index is 13.1. The maximum absolute atomic E-state index is 13.1. The number of carbonyl (C=O) groups is 2. The molecule has 0 saturated heterocycles. The lowest BCUT2D eigenvalue weighted by Gasteiger charge is -2.25. The minimum absolute atomic E-state index is 0.0784. The summed E-state index contributed by atoms with van der Waals surface area (Å²) >= 11 is 6.02. The van der Waals surface area contributed by atoms with Crippen LogP contribution in [0.4, 0.5) is 23.4 Å². The van der Waals surface area contributed by atoms with Gasteiger partial charge >= 0.3 is 12.3 Å². The molecule has 0 spiro atoms. The molecule has 2 atom stereocenters. The first-order valence-electron chi connectivity index (χ1n) is 9.64. The summed E-state index contributed by atoms with van der Waals surface area (Å²) in [5, 5.41) is 11.7. The summed E-state index contributed by atoms with van der Waals surface area (Å²) in [6, 6.07) is 2.24. The Bertz CT molecular complexity index is 1070. The molecule has 3 rings (SSSR count). The van der Waals surface area contributed by atoms with E-state index in [9.17, 15) is 32.3 Å². The van der Waals surface area contributed by atoms with Gasteiger partial charge in [0.05, 0.1) is 12.6 Å². The molecule has 0 bridgehead atoms. The van der Waals surface area contributed by atoms with E-state index in [1.54, 1.807) is 6.92 Å². The summed E-state index contributed by atoms with van der Waals surface area (Å²) in [5.41, 5.74) is 1.19. The highest BCUT2D eigenvalue weighted by molar-refractivity contribution is 6.31. The Morgan fingerprint density at radius 2 is 2.06 bits per heavy atom. The number of rotatable bonds is 8. The van der Waals surface area contributed by atoms with Crippen LogP contribution in [0, 0.1) is 0 Å². The Morgan fingerprint density at radius 1 is 1.36 bits per heavy atom. The van der Waals surface area contributed by atoms with Gasteiger partial charge in [0, 0.05) is 23.5 Å². The van der Waals surface area contributed by atoms with Gasteiger partial charge in [0.15, 0.2) is 6.61 Å². The average Bonchev–Trinajstić information content (AvgIpc) is 3.09. The van der Waals surface area contributed by atoms with E-state index >= 15 is 0 Å². The van der Waals surface area contributed by atoms with Crippen LogP contribution in [0.3, 0.4) is 0 Å². The fourth-order valence-corrected chi connectivity index (χ4v) is 3.30. The van der Waals surface area contributed by atoms with Crippen molar-refractivity contribution in [2.75, 3.05) is 11.9 Å². The lowest BCUT2D eigenvalue weighted by atomic mass is 10.1. The van der Waals surface area contributed by atoms with Gasteiger partial charge in [0.1, 0.15) is 16.9 Å². The fourth-order valence-electron chi connectivity index (χ4n) is 3.07. The number of anilines is 1. The van der Waals surface area contributed by atoms with Crippen molar-refractivity contribution in [3.63, 3.8) is 0 Å². The topological polar surface area (TPSA) is 105 Å². The standard InChI is InChI=1S/C20H19ClF4N4O4/c1-9(11-5-14(21)17(27-6-11)33-8-20(24,25)19(22)23)29-7-13-12(18(29)32)3-4-26-15(13)28-16(31)10(2)30/h3-6,9-10,19,30H,7-8H2,1-2H3,(H,26,28,31)/t9?,10-/m1/s1. The average molecular weight is 491 g/mol. The molecule has 0 aliphatic carbocycles. The van der Waals surface area contributed by atoms with Crippen molar-refractivity contribution in [1.29, 1.82) is 0 Å². The minimum Gasteiger partial charge on any atom is -0.470 e.